The third kappa shape index (κ3) is 3.53. The maximum Gasteiger partial charge on any atom is 0.237 e. The van der Waals surface area contributed by atoms with Crippen molar-refractivity contribution in [1.29, 1.82) is 0 Å². The molecule has 0 spiro atoms. The van der Waals surface area contributed by atoms with Crippen LogP contribution < -0.4 is 10.6 Å². The zero-order valence-corrected chi connectivity index (χ0v) is 8.27. The highest BCUT2D eigenvalue weighted by atomic mass is 16.2. The molecule has 3 heteroatoms. The Balaban J connectivity index is 3.92. The first-order valence-electron chi connectivity index (χ1n) is 4.12. The SMILES string of the molecule is C=C(C)[C@H](C)NC(=O)[C@H](C)NC. The van der Waals surface area contributed by atoms with E-state index >= 15 is 0 Å². The van der Waals surface area contributed by atoms with Gasteiger partial charge in [0.05, 0.1) is 6.04 Å². The standard InChI is InChI=1S/C9H18N2O/c1-6(2)7(3)11-9(12)8(4)10-5/h7-8,10H,1H2,2-5H3,(H,11,12)/t7-,8-/m0/s1. The Bertz CT molecular complexity index is 177. The van der Waals surface area contributed by atoms with E-state index in [2.05, 4.69) is 17.2 Å². The van der Waals surface area contributed by atoms with Gasteiger partial charge in [0.15, 0.2) is 0 Å². The van der Waals surface area contributed by atoms with E-state index in [4.69, 9.17) is 0 Å². The summed E-state index contributed by atoms with van der Waals surface area (Å²) in [6, 6.07) is -0.0971. The van der Waals surface area contributed by atoms with Crippen molar-refractivity contribution in [1.82, 2.24) is 10.6 Å². The molecule has 0 rings (SSSR count). The molecule has 70 valence electrons. The first-order chi connectivity index (χ1) is 5.49. The molecule has 0 radical (unpaired) electrons. The van der Waals surface area contributed by atoms with Crippen LogP contribution in [0, 0.1) is 0 Å². The third-order valence-corrected chi connectivity index (χ3v) is 1.92. The van der Waals surface area contributed by atoms with Crippen LogP contribution in [0.15, 0.2) is 12.2 Å². The average molecular weight is 170 g/mol. The number of hydrogen-bond acceptors (Lipinski definition) is 2. The van der Waals surface area contributed by atoms with Gasteiger partial charge in [0.2, 0.25) is 5.91 Å². The van der Waals surface area contributed by atoms with Crippen molar-refractivity contribution in [2.24, 2.45) is 0 Å². The Hall–Kier alpha value is -0.830. The highest BCUT2D eigenvalue weighted by Gasteiger charge is 2.12. The minimum absolute atomic E-state index is 0.00741. The van der Waals surface area contributed by atoms with Crippen molar-refractivity contribution in [3.05, 3.63) is 12.2 Å². The summed E-state index contributed by atoms with van der Waals surface area (Å²) >= 11 is 0. The molecule has 3 nitrogen and oxygen atoms in total. The summed E-state index contributed by atoms with van der Waals surface area (Å²) in [4.78, 5) is 11.3. The molecule has 1 amide bonds. The highest BCUT2D eigenvalue weighted by molar-refractivity contribution is 5.81. The van der Waals surface area contributed by atoms with Gasteiger partial charge in [-0.15, -0.1) is 0 Å². The van der Waals surface area contributed by atoms with Gasteiger partial charge < -0.3 is 10.6 Å². The molecule has 0 unspecified atom stereocenters. The number of likely N-dealkylation sites (N-methyl/N-ethyl adjacent to an activating group) is 1. The van der Waals surface area contributed by atoms with Gasteiger partial charge in [-0.05, 0) is 27.8 Å². The smallest absolute Gasteiger partial charge is 0.237 e. The maximum absolute atomic E-state index is 11.3. The first-order valence-corrected chi connectivity index (χ1v) is 4.12. The molecular weight excluding hydrogens is 152 g/mol. The van der Waals surface area contributed by atoms with Gasteiger partial charge >= 0.3 is 0 Å². The lowest BCUT2D eigenvalue weighted by atomic mass is 10.1. The fraction of sp³-hybridized carbons (Fsp3) is 0.667. The van der Waals surface area contributed by atoms with Crippen molar-refractivity contribution < 1.29 is 4.79 Å². The summed E-state index contributed by atoms with van der Waals surface area (Å²) in [7, 11) is 1.76. The highest BCUT2D eigenvalue weighted by Crippen LogP contribution is 1.96. The molecule has 0 saturated heterocycles. The first kappa shape index (κ1) is 11.2. The van der Waals surface area contributed by atoms with Crippen LogP contribution in [0.2, 0.25) is 0 Å². The molecule has 12 heavy (non-hydrogen) atoms. The van der Waals surface area contributed by atoms with Gasteiger partial charge in [0, 0.05) is 6.04 Å². The second kappa shape index (κ2) is 4.93. The predicted octanol–water partition coefficient (Wildman–Crippen LogP) is 0.675. The van der Waals surface area contributed by atoms with Crippen LogP contribution in [0.1, 0.15) is 20.8 Å². The quantitative estimate of drug-likeness (QED) is 0.609. The van der Waals surface area contributed by atoms with Gasteiger partial charge in [-0.2, -0.15) is 0 Å². The van der Waals surface area contributed by atoms with Gasteiger partial charge in [-0.1, -0.05) is 12.2 Å². The molecule has 2 N–H and O–H groups in total. The molecule has 0 aromatic rings. The molecule has 0 saturated carbocycles. The second-order valence-electron chi connectivity index (χ2n) is 3.09. The summed E-state index contributed by atoms with van der Waals surface area (Å²) in [5, 5.41) is 5.70. The normalized spacial score (nSPS) is 15.0. The fourth-order valence-electron chi connectivity index (χ4n) is 0.593. The van der Waals surface area contributed by atoms with E-state index in [-0.39, 0.29) is 18.0 Å². The van der Waals surface area contributed by atoms with E-state index in [1.807, 2.05) is 20.8 Å². The van der Waals surface area contributed by atoms with E-state index in [0.717, 1.165) is 5.57 Å². The number of rotatable bonds is 4. The van der Waals surface area contributed by atoms with Gasteiger partial charge in [0.1, 0.15) is 0 Å². The second-order valence-corrected chi connectivity index (χ2v) is 3.09. The molecule has 0 aromatic carbocycles. The summed E-state index contributed by atoms with van der Waals surface area (Å²) in [5.74, 6) is 0.00741. The van der Waals surface area contributed by atoms with Crippen LogP contribution >= 0.6 is 0 Å². The van der Waals surface area contributed by atoms with E-state index in [9.17, 15) is 4.79 Å². The lowest BCUT2D eigenvalue weighted by Gasteiger charge is -2.16. The third-order valence-electron chi connectivity index (χ3n) is 1.92. The molecule has 0 aliphatic rings. The van der Waals surface area contributed by atoms with Crippen LogP contribution in [0.4, 0.5) is 0 Å². The topological polar surface area (TPSA) is 41.1 Å². The van der Waals surface area contributed by atoms with Gasteiger partial charge in [-0.3, -0.25) is 4.79 Å². The Morgan fingerprint density at radius 3 is 2.17 bits per heavy atom. The Labute approximate surface area is 74.2 Å². The van der Waals surface area contributed by atoms with Crippen molar-refractivity contribution in [2.45, 2.75) is 32.9 Å². The largest absolute Gasteiger partial charge is 0.349 e. The summed E-state index contributed by atoms with van der Waals surface area (Å²) < 4.78 is 0. The van der Waals surface area contributed by atoms with Crippen LogP contribution in [-0.4, -0.2) is 25.0 Å². The van der Waals surface area contributed by atoms with Gasteiger partial charge in [0.25, 0.3) is 0 Å². The molecule has 0 bridgehead atoms. The summed E-state index contributed by atoms with van der Waals surface area (Å²) in [6.07, 6.45) is 0. The summed E-state index contributed by atoms with van der Waals surface area (Å²) in [6.45, 7) is 9.40. The van der Waals surface area contributed by atoms with Crippen LogP contribution in [-0.2, 0) is 4.79 Å². The van der Waals surface area contributed by atoms with Gasteiger partial charge in [-0.25, -0.2) is 0 Å². The van der Waals surface area contributed by atoms with Crippen LogP contribution in [0.5, 0.6) is 0 Å². The molecule has 0 aliphatic heterocycles. The van der Waals surface area contributed by atoms with E-state index < -0.39 is 0 Å². The Kier molecular flexibility index (Phi) is 4.59. The maximum atomic E-state index is 11.3. The van der Waals surface area contributed by atoms with Crippen molar-refractivity contribution in [2.75, 3.05) is 7.05 Å². The molecule has 0 aliphatic carbocycles. The van der Waals surface area contributed by atoms with Crippen LogP contribution in [0.25, 0.3) is 0 Å². The minimum Gasteiger partial charge on any atom is -0.349 e. The lowest BCUT2D eigenvalue weighted by Crippen LogP contribution is -2.44. The summed E-state index contributed by atoms with van der Waals surface area (Å²) in [5.41, 5.74) is 0.964. The lowest BCUT2D eigenvalue weighted by molar-refractivity contribution is -0.123. The average Bonchev–Trinajstić information content (AvgIpc) is 2.02. The number of amides is 1. The van der Waals surface area contributed by atoms with Crippen molar-refractivity contribution in [3.8, 4) is 0 Å². The zero-order chi connectivity index (χ0) is 9.72. The number of nitrogens with one attached hydrogen (secondary N) is 2. The number of carbonyl (C=O) groups is 1. The molecule has 0 aromatic heterocycles. The fourth-order valence-corrected chi connectivity index (χ4v) is 0.593. The van der Waals surface area contributed by atoms with Crippen molar-refractivity contribution >= 4 is 5.91 Å². The van der Waals surface area contributed by atoms with E-state index in [1.54, 1.807) is 7.05 Å². The van der Waals surface area contributed by atoms with E-state index in [0.29, 0.717) is 0 Å². The van der Waals surface area contributed by atoms with E-state index in [1.165, 1.54) is 0 Å². The Morgan fingerprint density at radius 1 is 1.33 bits per heavy atom. The predicted molar refractivity (Wildman–Crippen MR) is 50.9 cm³/mol. The monoisotopic (exact) mass is 170 g/mol. The minimum atomic E-state index is -0.146. The number of hydrogen-bond donors (Lipinski definition) is 2. The molecular formula is C9H18N2O. The number of carbonyl (C=O) groups excluding carboxylic acids is 1. The van der Waals surface area contributed by atoms with Crippen LogP contribution in [0.3, 0.4) is 0 Å². The molecule has 2 atom stereocenters. The molecule has 0 heterocycles. The van der Waals surface area contributed by atoms with Crippen molar-refractivity contribution in [3.63, 3.8) is 0 Å². The zero-order valence-electron chi connectivity index (χ0n) is 8.27. The molecule has 0 fully saturated rings. The Morgan fingerprint density at radius 2 is 1.83 bits per heavy atom.